The highest BCUT2D eigenvalue weighted by molar-refractivity contribution is 5.84. The van der Waals surface area contributed by atoms with Gasteiger partial charge in [-0.15, -0.1) is 0 Å². The van der Waals surface area contributed by atoms with Gasteiger partial charge in [0.2, 0.25) is 5.91 Å². The molecular formula is C19H23N3O4. The lowest BCUT2D eigenvalue weighted by Crippen LogP contribution is -2.34. The smallest absolute Gasteiger partial charge is 0.330 e. The van der Waals surface area contributed by atoms with Gasteiger partial charge in [0, 0.05) is 25.6 Å². The summed E-state index contributed by atoms with van der Waals surface area (Å²) in [5.74, 6) is -0.588. The van der Waals surface area contributed by atoms with Gasteiger partial charge in [0.1, 0.15) is 5.75 Å². The van der Waals surface area contributed by atoms with E-state index in [2.05, 4.69) is 10.4 Å². The fourth-order valence-electron chi connectivity index (χ4n) is 3.32. The number of fused-ring (bicyclic) bond motifs is 1. The number of hydrogen-bond acceptors (Lipinski definition) is 4. The zero-order valence-corrected chi connectivity index (χ0v) is 15.2. The first-order chi connectivity index (χ1) is 12.4. The Morgan fingerprint density at radius 3 is 2.81 bits per heavy atom. The third kappa shape index (κ3) is 3.56. The maximum absolute atomic E-state index is 12.3. The lowest BCUT2D eigenvalue weighted by molar-refractivity contribution is -0.142. The van der Waals surface area contributed by atoms with Gasteiger partial charge in [0.25, 0.3) is 0 Å². The molecule has 1 unspecified atom stereocenters. The first-order valence-electron chi connectivity index (χ1n) is 8.63. The average Bonchev–Trinajstić information content (AvgIpc) is 3.15. The van der Waals surface area contributed by atoms with Crippen LogP contribution in [0.5, 0.6) is 5.75 Å². The van der Waals surface area contributed by atoms with E-state index >= 15 is 0 Å². The summed E-state index contributed by atoms with van der Waals surface area (Å²) >= 11 is 0. The second-order valence-electron chi connectivity index (χ2n) is 6.58. The van der Waals surface area contributed by atoms with E-state index in [1.165, 1.54) is 0 Å². The Hall–Kier alpha value is -2.83. The Kier molecular flexibility index (Phi) is 4.97. The van der Waals surface area contributed by atoms with Crippen molar-refractivity contribution in [3.8, 4) is 5.75 Å². The Balaban J connectivity index is 1.68. The number of amides is 1. The molecule has 2 N–H and O–H groups in total. The molecule has 0 aliphatic carbocycles. The van der Waals surface area contributed by atoms with Crippen LogP contribution in [0.4, 0.5) is 0 Å². The van der Waals surface area contributed by atoms with Crippen molar-refractivity contribution < 1.29 is 19.4 Å². The summed E-state index contributed by atoms with van der Waals surface area (Å²) in [6, 6.07) is 4.20. The molecule has 0 fully saturated rings. The molecule has 138 valence electrons. The Labute approximate surface area is 152 Å². The quantitative estimate of drug-likeness (QED) is 0.823. The summed E-state index contributed by atoms with van der Waals surface area (Å²) in [7, 11) is 1.87. The minimum Gasteiger partial charge on any atom is -0.493 e. The molecule has 1 aliphatic heterocycles. The number of rotatable bonds is 6. The first-order valence-corrected chi connectivity index (χ1v) is 8.63. The van der Waals surface area contributed by atoms with Gasteiger partial charge in [-0.3, -0.25) is 9.48 Å². The second-order valence-corrected chi connectivity index (χ2v) is 6.58. The number of carbonyl (C=O) groups excluding carboxylic acids is 1. The normalized spacial score (nSPS) is 13.8. The highest BCUT2D eigenvalue weighted by Gasteiger charge is 2.24. The van der Waals surface area contributed by atoms with Crippen LogP contribution in [0, 0.1) is 13.8 Å². The number of aryl methyl sites for hydroxylation is 2. The maximum Gasteiger partial charge on any atom is 0.330 e. The van der Waals surface area contributed by atoms with Crippen molar-refractivity contribution in [3.63, 3.8) is 0 Å². The van der Waals surface area contributed by atoms with E-state index in [4.69, 9.17) is 4.74 Å². The summed E-state index contributed by atoms with van der Waals surface area (Å²) < 4.78 is 7.23. The van der Waals surface area contributed by atoms with E-state index in [1.807, 2.05) is 20.9 Å². The van der Waals surface area contributed by atoms with E-state index in [0.29, 0.717) is 18.6 Å². The lowest BCUT2D eigenvalue weighted by Gasteiger charge is -2.16. The molecule has 0 spiro atoms. The van der Waals surface area contributed by atoms with Crippen LogP contribution in [-0.4, -0.2) is 33.4 Å². The van der Waals surface area contributed by atoms with Crippen LogP contribution in [0.1, 0.15) is 40.5 Å². The van der Waals surface area contributed by atoms with Crippen molar-refractivity contribution in [1.82, 2.24) is 15.1 Å². The fourth-order valence-corrected chi connectivity index (χ4v) is 3.32. The van der Waals surface area contributed by atoms with Crippen molar-refractivity contribution >= 4 is 11.9 Å². The molecule has 26 heavy (non-hydrogen) atoms. The summed E-state index contributed by atoms with van der Waals surface area (Å²) in [5, 5.41) is 16.5. The van der Waals surface area contributed by atoms with Crippen LogP contribution < -0.4 is 10.1 Å². The molecule has 2 heterocycles. The van der Waals surface area contributed by atoms with Crippen LogP contribution in [0.25, 0.3) is 0 Å². The van der Waals surface area contributed by atoms with E-state index in [0.717, 1.165) is 34.7 Å². The van der Waals surface area contributed by atoms with Crippen LogP contribution in [0.15, 0.2) is 18.2 Å². The Morgan fingerprint density at radius 1 is 1.38 bits per heavy atom. The zero-order valence-electron chi connectivity index (χ0n) is 15.2. The molecule has 0 bridgehead atoms. The number of ether oxygens (including phenoxy) is 1. The van der Waals surface area contributed by atoms with Gasteiger partial charge in [-0.05, 0) is 49.1 Å². The maximum atomic E-state index is 12.3. The largest absolute Gasteiger partial charge is 0.493 e. The molecule has 0 saturated heterocycles. The van der Waals surface area contributed by atoms with Crippen LogP contribution >= 0.6 is 0 Å². The number of carboxylic acids is 1. The van der Waals surface area contributed by atoms with Gasteiger partial charge in [0.15, 0.2) is 6.04 Å². The highest BCUT2D eigenvalue weighted by Crippen LogP contribution is 2.28. The number of benzene rings is 1. The van der Waals surface area contributed by atoms with Gasteiger partial charge < -0.3 is 15.2 Å². The van der Waals surface area contributed by atoms with Gasteiger partial charge in [-0.25, -0.2) is 4.79 Å². The molecule has 7 heteroatoms. The number of hydrogen-bond donors (Lipinski definition) is 2. The molecule has 1 aliphatic rings. The predicted molar refractivity (Wildman–Crippen MR) is 95.2 cm³/mol. The molecule has 1 aromatic heterocycles. The molecule has 0 saturated carbocycles. The number of carbonyl (C=O) groups is 2. The number of nitrogens with zero attached hydrogens (tertiary/aromatic N) is 2. The van der Waals surface area contributed by atoms with Gasteiger partial charge in [-0.1, -0.05) is 6.07 Å². The summed E-state index contributed by atoms with van der Waals surface area (Å²) in [6.07, 6.45) is 1.50. The van der Waals surface area contributed by atoms with Crippen molar-refractivity contribution in [3.05, 3.63) is 46.3 Å². The van der Waals surface area contributed by atoms with Gasteiger partial charge >= 0.3 is 5.97 Å². The van der Waals surface area contributed by atoms with Crippen molar-refractivity contribution in [1.29, 1.82) is 0 Å². The topological polar surface area (TPSA) is 93.5 Å². The summed E-state index contributed by atoms with van der Waals surface area (Å²) in [6.45, 7) is 4.47. The average molecular weight is 357 g/mol. The summed E-state index contributed by atoms with van der Waals surface area (Å²) in [4.78, 5) is 24.0. The molecule has 0 radical (unpaired) electrons. The highest BCUT2D eigenvalue weighted by atomic mass is 16.5. The fraction of sp³-hybridized carbons (Fsp3) is 0.421. The number of carboxylic acid groups (broad SMARTS) is 1. The second kappa shape index (κ2) is 7.19. The van der Waals surface area contributed by atoms with E-state index in [-0.39, 0.29) is 12.3 Å². The predicted octanol–water partition coefficient (Wildman–Crippen LogP) is 1.85. The SMILES string of the molecule is Cc1nn(C)c(C)c1CCC(=O)NC(C(=O)O)c1ccc2c(c1)CCO2. The van der Waals surface area contributed by atoms with E-state index < -0.39 is 12.0 Å². The zero-order chi connectivity index (χ0) is 18.8. The van der Waals surface area contributed by atoms with E-state index in [9.17, 15) is 14.7 Å². The molecule has 3 rings (SSSR count). The van der Waals surface area contributed by atoms with E-state index in [1.54, 1.807) is 22.9 Å². The number of aromatic nitrogens is 2. The third-order valence-corrected chi connectivity index (χ3v) is 4.86. The van der Waals surface area contributed by atoms with Crippen molar-refractivity contribution in [2.75, 3.05) is 6.61 Å². The van der Waals surface area contributed by atoms with Crippen LogP contribution in [0.3, 0.4) is 0 Å². The molecular weight excluding hydrogens is 334 g/mol. The molecule has 7 nitrogen and oxygen atoms in total. The Bertz CT molecular complexity index is 857. The van der Waals surface area contributed by atoms with Crippen LogP contribution in [-0.2, 0) is 29.5 Å². The number of aliphatic carboxylic acids is 1. The summed E-state index contributed by atoms with van der Waals surface area (Å²) in [5.41, 5.74) is 4.48. The monoisotopic (exact) mass is 357 g/mol. The Morgan fingerprint density at radius 2 is 2.15 bits per heavy atom. The van der Waals surface area contributed by atoms with Gasteiger partial charge in [-0.2, -0.15) is 5.10 Å². The lowest BCUT2D eigenvalue weighted by atomic mass is 10.0. The van der Waals surface area contributed by atoms with Crippen LogP contribution in [0.2, 0.25) is 0 Å². The minimum absolute atomic E-state index is 0.213. The third-order valence-electron chi connectivity index (χ3n) is 4.86. The van der Waals surface area contributed by atoms with Crippen molar-refractivity contribution in [2.24, 2.45) is 7.05 Å². The standard InChI is InChI=1S/C19H23N3O4/c1-11-15(12(2)22(3)21-11)5-7-17(23)20-18(19(24)25)14-4-6-16-13(10-14)8-9-26-16/h4,6,10,18H,5,7-9H2,1-3H3,(H,20,23)(H,24,25). The molecule has 1 amide bonds. The minimum atomic E-state index is -1.08. The molecule has 1 atom stereocenters. The molecule has 1 aromatic carbocycles. The van der Waals surface area contributed by atoms with Gasteiger partial charge in [0.05, 0.1) is 12.3 Å². The van der Waals surface area contributed by atoms with Crippen molar-refractivity contribution in [2.45, 2.75) is 39.2 Å². The number of nitrogens with one attached hydrogen (secondary N) is 1. The first kappa shape index (κ1) is 18.0. The molecule has 2 aromatic rings.